The van der Waals surface area contributed by atoms with Gasteiger partial charge in [0.1, 0.15) is 0 Å². The van der Waals surface area contributed by atoms with E-state index in [1.807, 2.05) is 64.1 Å². The zero-order valence-electron chi connectivity index (χ0n) is 20.3. The van der Waals surface area contributed by atoms with E-state index in [-0.39, 0.29) is 31.0 Å². The Hall–Kier alpha value is -2.86. The molecule has 2 aliphatic heterocycles. The van der Waals surface area contributed by atoms with Crippen molar-refractivity contribution in [3.63, 3.8) is 0 Å². The number of carbonyl (C=O) groups is 2. The molecule has 0 aromatic heterocycles. The van der Waals surface area contributed by atoms with Crippen LogP contribution in [-0.2, 0) is 20.8 Å². The van der Waals surface area contributed by atoms with Gasteiger partial charge < -0.3 is 14.5 Å². The van der Waals surface area contributed by atoms with E-state index in [9.17, 15) is 9.59 Å². The number of fused-ring (bicyclic) bond motifs is 1. The first-order valence-corrected chi connectivity index (χ1v) is 12.1. The molecule has 34 heavy (non-hydrogen) atoms. The molecular weight excluding hydrogens is 452 g/mol. The average molecular weight is 485 g/mol. The summed E-state index contributed by atoms with van der Waals surface area (Å²) in [6.07, 6.45) is 14.6. The minimum Gasteiger partial charge on any atom is -0.462 e. The summed E-state index contributed by atoms with van der Waals surface area (Å²) in [5, 5.41) is 4.78. The normalized spacial score (nSPS) is 24.3. The Balaban J connectivity index is 1.88. The summed E-state index contributed by atoms with van der Waals surface area (Å²) >= 11 is 6.66. The number of rotatable bonds is 3. The Labute approximate surface area is 206 Å². The number of cyclic esters (lactones) is 1. The molecule has 0 bridgehead atoms. The second-order valence-corrected chi connectivity index (χ2v) is 9.13. The molecular formula is C27H33ClN2O4. The van der Waals surface area contributed by atoms with Gasteiger partial charge in [0.05, 0.1) is 17.9 Å². The van der Waals surface area contributed by atoms with Crippen molar-refractivity contribution in [3.8, 4) is 0 Å². The number of hydrogen-bond acceptors (Lipinski definition) is 5. The van der Waals surface area contributed by atoms with E-state index in [1.54, 1.807) is 4.90 Å². The van der Waals surface area contributed by atoms with Gasteiger partial charge in [-0.1, -0.05) is 53.2 Å². The largest absolute Gasteiger partial charge is 0.462 e. The molecule has 2 heterocycles. The summed E-state index contributed by atoms with van der Waals surface area (Å²) in [5.41, 5.74) is 3.36. The molecule has 0 saturated heterocycles. The van der Waals surface area contributed by atoms with Crippen LogP contribution in [-0.4, -0.2) is 47.8 Å². The number of carbonyl (C=O) groups excluding carboxylic acids is 2. The van der Waals surface area contributed by atoms with Gasteiger partial charge in [0.25, 0.3) is 5.91 Å². The second kappa shape index (κ2) is 12.0. The van der Waals surface area contributed by atoms with Crippen molar-refractivity contribution in [1.29, 1.82) is 0 Å². The van der Waals surface area contributed by atoms with Gasteiger partial charge in [-0.05, 0) is 69.7 Å². The van der Waals surface area contributed by atoms with Gasteiger partial charge in [0.2, 0.25) is 0 Å². The molecule has 7 heteroatoms. The Morgan fingerprint density at radius 2 is 1.79 bits per heavy atom. The van der Waals surface area contributed by atoms with Gasteiger partial charge in [0, 0.05) is 23.5 Å². The number of amides is 1. The molecule has 0 aliphatic carbocycles. The minimum absolute atomic E-state index is 0.0312. The Bertz CT molecular complexity index is 1030. The zero-order valence-corrected chi connectivity index (χ0v) is 21.1. The fourth-order valence-electron chi connectivity index (χ4n) is 4.32. The fourth-order valence-corrected chi connectivity index (χ4v) is 4.53. The number of nitrogens with zero attached hydrogens (tertiary/aromatic N) is 2. The molecule has 182 valence electrons. The van der Waals surface area contributed by atoms with E-state index in [2.05, 4.69) is 11.2 Å². The first-order chi connectivity index (χ1) is 16.3. The van der Waals surface area contributed by atoms with Crippen LogP contribution in [0, 0.1) is 13.8 Å². The zero-order chi connectivity index (χ0) is 24.7. The Morgan fingerprint density at radius 1 is 1.12 bits per heavy atom. The molecule has 1 aromatic rings. The molecule has 0 saturated carbocycles. The number of oxime groups is 1. The minimum atomic E-state index is -0.399. The highest BCUT2D eigenvalue weighted by molar-refractivity contribution is 6.33. The highest BCUT2D eigenvalue weighted by atomic mass is 35.5. The molecule has 2 aliphatic rings. The maximum atomic E-state index is 12.9. The summed E-state index contributed by atoms with van der Waals surface area (Å²) in [6.45, 7) is 7.88. The van der Waals surface area contributed by atoms with Crippen LogP contribution in [0.15, 0.2) is 47.7 Å². The van der Waals surface area contributed by atoms with Crippen LogP contribution in [0.25, 0.3) is 0 Å². The molecule has 3 rings (SSSR count). The highest BCUT2D eigenvalue weighted by Crippen LogP contribution is 2.29. The van der Waals surface area contributed by atoms with Crippen molar-refractivity contribution in [1.82, 2.24) is 4.90 Å². The lowest BCUT2D eigenvalue weighted by molar-refractivity contribution is -0.137. The van der Waals surface area contributed by atoms with E-state index in [1.165, 1.54) is 0 Å². The van der Waals surface area contributed by atoms with Crippen molar-refractivity contribution in [2.75, 3.05) is 13.2 Å². The summed E-state index contributed by atoms with van der Waals surface area (Å²) in [6, 6.07) is 1.95. The van der Waals surface area contributed by atoms with Crippen LogP contribution >= 0.6 is 11.6 Å². The quantitative estimate of drug-likeness (QED) is 0.322. The van der Waals surface area contributed by atoms with Gasteiger partial charge in [-0.25, -0.2) is 4.79 Å². The van der Waals surface area contributed by atoms with E-state index in [0.29, 0.717) is 34.9 Å². The van der Waals surface area contributed by atoms with Crippen LogP contribution < -0.4 is 0 Å². The molecule has 0 N–H and O–H groups in total. The molecule has 0 fully saturated rings. The summed E-state index contributed by atoms with van der Waals surface area (Å²) in [5.74, 6) is -0.526. The number of halogens is 1. The number of allylic oxidation sites excluding steroid dienone is 3. The fraction of sp³-hybridized carbons (Fsp3) is 0.444. The van der Waals surface area contributed by atoms with Gasteiger partial charge in [0.15, 0.2) is 6.61 Å². The van der Waals surface area contributed by atoms with Crippen molar-refractivity contribution in [2.24, 2.45) is 5.16 Å². The van der Waals surface area contributed by atoms with Gasteiger partial charge >= 0.3 is 5.97 Å². The van der Waals surface area contributed by atoms with Gasteiger partial charge in [-0.2, -0.15) is 0 Å². The topological polar surface area (TPSA) is 68.2 Å². The van der Waals surface area contributed by atoms with Crippen LogP contribution in [0.1, 0.15) is 60.2 Å². The van der Waals surface area contributed by atoms with E-state index in [0.717, 1.165) is 24.0 Å². The Kier molecular flexibility index (Phi) is 9.11. The van der Waals surface area contributed by atoms with E-state index < -0.39 is 5.97 Å². The monoisotopic (exact) mass is 484 g/mol. The molecule has 0 radical (unpaired) electrons. The van der Waals surface area contributed by atoms with Crippen LogP contribution in [0.4, 0.5) is 0 Å². The molecule has 0 spiro atoms. The van der Waals surface area contributed by atoms with Gasteiger partial charge in [-0.3, -0.25) is 4.79 Å². The van der Waals surface area contributed by atoms with Crippen molar-refractivity contribution in [2.45, 2.75) is 65.5 Å². The third kappa shape index (κ3) is 6.38. The predicted octanol–water partition coefficient (Wildman–Crippen LogP) is 5.50. The summed E-state index contributed by atoms with van der Waals surface area (Å²) in [7, 11) is 0. The van der Waals surface area contributed by atoms with Crippen LogP contribution in [0.3, 0.4) is 0 Å². The van der Waals surface area contributed by atoms with Crippen LogP contribution in [0.2, 0.25) is 5.02 Å². The van der Waals surface area contributed by atoms with E-state index in [4.69, 9.17) is 21.2 Å². The number of aryl methyl sites for hydroxylation is 2. The van der Waals surface area contributed by atoms with Crippen molar-refractivity contribution in [3.05, 3.63) is 69.8 Å². The smallest absolute Gasteiger partial charge is 0.338 e. The predicted molar refractivity (Wildman–Crippen MR) is 135 cm³/mol. The average Bonchev–Trinajstić information content (AvgIpc) is 3.13. The van der Waals surface area contributed by atoms with Crippen molar-refractivity contribution < 1.29 is 19.2 Å². The number of ether oxygens (including phenoxy) is 1. The third-order valence-electron chi connectivity index (χ3n) is 6.00. The van der Waals surface area contributed by atoms with Crippen LogP contribution in [0.5, 0.6) is 0 Å². The highest BCUT2D eigenvalue weighted by Gasteiger charge is 2.27. The molecule has 1 amide bonds. The summed E-state index contributed by atoms with van der Waals surface area (Å²) < 4.78 is 5.52. The lowest BCUT2D eigenvalue weighted by Gasteiger charge is -2.25. The number of esters is 1. The number of hydrogen-bond donors (Lipinski definition) is 0. The molecule has 2 unspecified atom stereocenters. The molecule has 1 aromatic carbocycles. The van der Waals surface area contributed by atoms with Crippen molar-refractivity contribution >= 4 is 29.2 Å². The maximum absolute atomic E-state index is 12.9. The maximum Gasteiger partial charge on any atom is 0.338 e. The van der Waals surface area contributed by atoms with E-state index >= 15 is 0 Å². The lowest BCUT2D eigenvalue weighted by atomic mass is 9.94. The Morgan fingerprint density at radius 3 is 2.53 bits per heavy atom. The third-order valence-corrected chi connectivity index (χ3v) is 6.53. The first-order valence-electron chi connectivity index (χ1n) is 11.7. The standard InChI is InChI=1S/C27H33ClN2O4/c1-18-15-19(2)26(28)23-16-22(29-34-17-24(31)30-20(3)12-13-21(30)4)11-9-7-5-6-8-10-14-33-27(32)25(18)23/h6,8-9,11-13,15,20-21H,5,7,10,14,16-17H2,1-4H3/b8-6+,11-9+,29-22+. The lowest BCUT2D eigenvalue weighted by Crippen LogP contribution is -2.41. The van der Waals surface area contributed by atoms with Gasteiger partial charge in [-0.15, -0.1) is 0 Å². The molecule has 6 nitrogen and oxygen atoms in total. The summed E-state index contributed by atoms with van der Waals surface area (Å²) in [4.78, 5) is 32.9. The second-order valence-electron chi connectivity index (χ2n) is 8.75. The SMILES string of the molecule is Cc1cc(C)c2c(c1Cl)CC(=N/OCC(=O)N1C(C)C=CC1C)/C=C/CC/C=C/CCOC2=O. The molecule has 2 atom stereocenters. The first kappa shape index (κ1) is 25.8. The number of benzene rings is 1.